The smallest absolute Gasteiger partial charge is 0.339 e. The number of carbonyl (C=O) groups is 1. The summed E-state index contributed by atoms with van der Waals surface area (Å²) in [6.45, 7) is 1.66. The van der Waals surface area contributed by atoms with Crippen LogP contribution >= 0.6 is 0 Å². The van der Waals surface area contributed by atoms with Crippen LogP contribution in [0.1, 0.15) is 16.1 Å². The van der Waals surface area contributed by atoms with Gasteiger partial charge in [0.1, 0.15) is 11.3 Å². The second kappa shape index (κ2) is 5.88. The normalized spacial score (nSPS) is 10.5. The highest BCUT2D eigenvalue weighted by Crippen LogP contribution is 2.22. The van der Waals surface area contributed by atoms with E-state index in [9.17, 15) is 4.79 Å². The molecule has 2 aromatic heterocycles. The molecule has 0 aliphatic rings. The Morgan fingerprint density at radius 1 is 1.30 bits per heavy atom. The lowest BCUT2D eigenvalue weighted by atomic mass is 10.1. The minimum atomic E-state index is -1.03. The van der Waals surface area contributed by atoms with Crippen LogP contribution in [-0.4, -0.2) is 37.9 Å². The van der Waals surface area contributed by atoms with Crippen LogP contribution in [0.2, 0.25) is 0 Å². The first-order valence-corrected chi connectivity index (χ1v) is 6.86. The molecule has 1 aromatic carbocycles. The monoisotopic (exact) mass is 310 g/mol. The van der Waals surface area contributed by atoms with Gasteiger partial charge in [-0.25, -0.2) is 19.4 Å². The van der Waals surface area contributed by atoms with Gasteiger partial charge in [0.15, 0.2) is 0 Å². The van der Waals surface area contributed by atoms with Crippen molar-refractivity contribution in [3.63, 3.8) is 0 Å². The Morgan fingerprint density at radius 2 is 2.13 bits per heavy atom. The summed E-state index contributed by atoms with van der Waals surface area (Å²) < 4.78 is 6.62. The molecule has 0 bridgehead atoms. The van der Waals surface area contributed by atoms with Gasteiger partial charge in [-0.1, -0.05) is 12.1 Å². The molecule has 7 nitrogen and oxygen atoms in total. The largest absolute Gasteiger partial charge is 0.497 e. The molecule has 0 atom stereocenters. The minimum Gasteiger partial charge on any atom is -0.497 e. The number of carboxylic acid groups (broad SMARTS) is 1. The zero-order valence-electron chi connectivity index (χ0n) is 12.6. The van der Waals surface area contributed by atoms with E-state index < -0.39 is 5.97 Å². The second-order valence-electron chi connectivity index (χ2n) is 4.83. The number of nitrogens with zero attached hydrogens (tertiary/aromatic N) is 4. The summed E-state index contributed by atoms with van der Waals surface area (Å²) in [7, 11) is 1.60. The van der Waals surface area contributed by atoms with Crippen molar-refractivity contribution in [1.29, 1.82) is 0 Å². The number of hydrogen-bond donors (Lipinski definition) is 1. The van der Waals surface area contributed by atoms with Gasteiger partial charge < -0.3 is 9.84 Å². The standard InChI is InChI=1S/C16H14N4O3/c1-10-13(15(21)22)9-18-20(10)16-17-7-6-14(19-16)11-4-3-5-12(8-11)23-2/h3-9H,1-2H3,(H,21,22). The molecule has 0 aliphatic heterocycles. The Kier molecular flexibility index (Phi) is 3.76. The first-order chi connectivity index (χ1) is 11.1. The Balaban J connectivity index is 2.05. The number of benzene rings is 1. The van der Waals surface area contributed by atoms with Crippen molar-refractivity contribution in [1.82, 2.24) is 19.7 Å². The molecule has 7 heteroatoms. The van der Waals surface area contributed by atoms with Gasteiger partial charge in [0.2, 0.25) is 0 Å². The molecule has 2 heterocycles. The predicted molar refractivity (Wildman–Crippen MR) is 82.8 cm³/mol. The summed E-state index contributed by atoms with van der Waals surface area (Å²) in [6.07, 6.45) is 2.90. The summed E-state index contributed by atoms with van der Waals surface area (Å²) in [5.41, 5.74) is 2.16. The van der Waals surface area contributed by atoms with E-state index in [-0.39, 0.29) is 5.56 Å². The number of hydrogen-bond acceptors (Lipinski definition) is 5. The van der Waals surface area contributed by atoms with E-state index in [2.05, 4.69) is 15.1 Å². The molecule has 1 N–H and O–H groups in total. The van der Waals surface area contributed by atoms with Crippen molar-refractivity contribution < 1.29 is 14.6 Å². The van der Waals surface area contributed by atoms with E-state index in [4.69, 9.17) is 9.84 Å². The number of aromatic carboxylic acids is 1. The minimum absolute atomic E-state index is 0.125. The Bertz CT molecular complexity index is 873. The van der Waals surface area contributed by atoms with Crippen molar-refractivity contribution in [2.24, 2.45) is 0 Å². The molecular weight excluding hydrogens is 296 g/mol. The van der Waals surface area contributed by atoms with Crippen LogP contribution in [0.4, 0.5) is 0 Å². The highest BCUT2D eigenvalue weighted by molar-refractivity contribution is 5.88. The van der Waals surface area contributed by atoms with Gasteiger partial charge in [0.25, 0.3) is 5.95 Å². The van der Waals surface area contributed by atoms with Gasteiger partial charge in [0.05, 0.1) is 24.7 Å². The maximum atomic E-state index is 11.1. The second-order valence-corrected chi connectivity index (χ2v) is 4.83. The van der Waals surface area contributed by atoms with Gasteiger partial charge in [0, 0.05) is 11.8 Å². The fourth-order valence-electron chi connectivity index (χ4n) is 2.21. The first-order valence-electron chi connectivity index (χ1n) is 6.86. The third-order valence-corrected chi connectivity index (χ3v) is 3.44. The zero-order chi connectivity index (χ0) is 16.4. The number of aromatic nitrogens is 4. The topological polar surface area (TPSA) is 90.1 Å². The molecule has 3 aromatic rings. The molecule has 0 radical (unpaired) electrons. The van der Waals surface area contributed by atoms with Gasteiger partial charge >= 0.3 is 5.97 Å². The molecule has 0 amide bonds. The molecule has 0 spiro atoms. The molecule has 116 valence electrons. The van der Waals surface area contributed by atoms with E-state index in [1.807, 2.05) is 24.3 Å². The fraction of sp³-hybridized carbons (Fsp3) is 0.125. The zero-order valence-corrected chi connectivity index (χ0v) is 12.6. The lowest BCUT2D eigenvalue weighted by Crippen LogP contribution is -2.06. The van der Waals surface area contributed by atoms with Crippen molar-refractivity contribution in [3.05, 3.63) is 54.0 Å². The van der Waals surface area contributed by atoms with Gasteiger partial charge in [-0.2, -0.15) is 5.10 Å². The summed E-state index contributed by atoms with van der Waals surface area (Å²) in [5, 5.41) is 13.2. The van der Waals surface area contributed by atoms with Crippen LogP contribution < -0.4 is 4.74 Å². The average molecular weight is 310 g/mol. The Labute approximate surface area is 132 Å². The predicted octanol–water partition coefficient (Wildman–Crippen LogP) is 2.34. The van der Waals surface area contributed by atoms with Crippen molar-refractivity contribution >= 4 is 5.97 Å². The van der Waals surface area contributed by atoms with Crippen molar-refractivity contribution in [2.75, 3.05) is 7.11 Å². The number of rotatable bonds is 4. The quantitative estimate of drug-likeness (QED) is 0.795. The Morgan fingerprint density at radius 3 is 2.83 bits per heavy atom. The van der Waals surface area contributed by atoms with Crippen LogP contribution in [0.15, 0.2) is 42.7 Å². The van der Waals surface area contributed by atoms with Gasteiger partial charge in [-0.15, -0.1) is 0 Å². The van der Waals surface area contributed by atoms with E-state index in [1.54, 1.807) is 26.3 Å². The fourth-order valence-corrected chi connectivity index (χ4v) is 2.21. The van der Waals surface area contributed by atoms with Crippen LogP contribution in [0, 0.1) is 6.92 Å². The summed E-state index contributed by atoms with van der Waals surface area (Å²) in [6, 6.07) is 9.27. The number of methoxy groups -OCH3 is 1. The van der Waals surface area contributed by atoms with Crippen LogP contribution in [0.3, 0.4) is 0 Å². The molecule has 0 aliphatic carbocycles. The SMILES string of the molecule is COc1cccc(-c2ccnc(-n3ncc(C(=O)O)c3C)n2)c1. The molecular formula is C16H14N4O3. The van der Waals surface area contributed by atoms with E-state index >= 15 is 0 Å². The summed E-state index contributed by atoms with van der Waals surface area (Å²) in [5.74, 6) is 0.0131. The lowest BCUT2D eigenvalue weighted by Gasteiger charge is -2.07. The van der Waals surface area contributed by atoms with E-state index in [0.29, 0.717) is 17.3 Å². The van der Waals surface area contributed by atoms with E-state index in [0.717, 1.165) is 11.3 Å². The summed E-state index contributed by atoms with van der Waals surface area (Å²) >= 11 is 0. The highest BCUT2D eigenvalue weighted by atomic mass is 16.5. The molecule has 3 rings (SSSR count). The van der Waals surface area contributed by atoms with Crippen molar-refractivity contribution in [2.45, 2.75) is 6.92 Å². The molecule has 0 fully saturated rings. The molecule has 0 saturated carbocycles. The van der Waals surface area contributed by atoms with Crippen LogP contribution in [-0.2, 0) is 0 Å². The highest BCUT2D eigenvalue weighted by Gasteiger charge is 2.15. The van der Waals surface area contributed by atoms with Crippen LogP contribution in [0.25, 0.3) is 17.2 Å². The van der Waals surface area contributed by atoms with E-state index in [1.165, 1.54) is 10.9 Å². The lowest BCUT2D eigenvalue weighted by molar-refractivity contribution is 0.0696. The summed E-state index contributed by atoms with van der Waals surface area (Å²) in [4.78, 5) is 19.8. The number of carboxylic acids is 1. The Hall–Kier alpha value is -3.22. The molecule has 23 heavy (non-hydrogen) atoms. The van der Waals surface area contributed by atoms with Gasteiger partial charge in [-0.05, 0) is 25.1 Å². The van der Waals surface area contributed by atoms with Gasteiger partial charge in [-0.3, -0.25) is 0 Å². The maximum Gasteiger partial charge on any atom is 0.339 e. The number of ether oxygens (including phenoxy) is 1. The molecule has 0 saturated heterocycles. The third kappa shape index (κ3) is 2.76. The average Bonchev–Trinajstić information content (AvgIpc) is 2.97. The van der Waals surface area contributed by atoms with Crippen LogP contribution in [0.5, 0.6) is 5.75 Å². The molecule has 0 unspecified atom stereocenters. The third-order valence-electron chi connectivity index (χ3n) is 3.44. The maximum absolute atomic E-state index is 11.1. The first kappa shape index (κ1) is 14.7. The van der Waals surface area contributed by atoms with Crippen molar-refractivity contribution in [3.8, 4) is 23.0 Å².